The fourth-order valence-electron chi connectivity index (χ4n) is 10.8. The van der Waals surface area contributed by atoms with Crippen molar-refractivity contribution in [1.82, 2.24) is 0 Å². The van der Waals surface area contributed by atoms with Crippen LogP contribution < -0.4 is 28.4 Å². The Labute approximate surface area is 492 Å². The third kappa shape index (κ3) is 28.7. The summed E-state index contributed by atoms with van der Waals surface area (Å²) in [4.78, 5) is 31.2. The molecular weight excluding hydrogens is 993 g/mol. The molecule has 0 heterocycles. The highest BCUT2D eigenvalue weighted by molar-refractivity contribution is 6.31. The van der Waals surface area contributed by atoms with Crippen molar-refractivity contribution >= 4 is 11.6 Å². The summed E-state index contributed by atoms with van der Waals surface area (Å²) in [5.41, 5.74) is 1.00. The summed E-state index contributed by atoms with van der Waals surface area (Å²) in [5, 5.41) is 0. The molecule has 0 saturated heterocycles. The van der Waals surface area contributed by atoms with Crippen LogP contribution in [0.3, 0.4) is 0 Å². The number of hydrogen-bond acceptors (Lipinski definition) is 8. The van der Waals surface area contributed by atoms with Crippen LogP contribution in [-0.2, 0) is 0 Å². The zero-order valence-corrected chi connectivity index (χ0v) is 53.5. The monoisotopic (exact) mass is 1120 g/mol. The first-order valence-electron chi connectivity index (χ1n) is 34.6. The van der Waals surface area contributed by atoms with Crippen molar-refractivity contribution in [2.75, 3.05) is 39.6 Å². The molecule has 0 aromatic heterocycles. The predicted molar refractivity (Wildman–Crippen MR) is 339 cm³/mol. The molecule has 8 heteroatoms. The Hall–Kier alpha value is -3.42. The van der Waals surface area contributed by atoms with E-state index in [-0.39, 0.29) is 45.7 Å². The van der Waals surface area contributed by atoms with Crippen molar-refractivity contribution < 1.29 is 38.0 Å². The molecule has 0 aliphatic heterocycles. The fraction of sp³-hybridized carbons (Fsp3) is 0.806. The van der Waals surface area contributed by atoms with Gasteiger partial charge in [0.1, 0.15) is 0 Å². The van der Waals surface area contributed by atoms with Crippen LogP contribution in [0, 0.1) is 11.8 Å². The van der Waals surface area contributed by atoms with Crippen LogP contribution in [0.15, 0.2) is 12.1 Å². The Morgan fingerprint density at radius 1 is 0.287 bits per heavy atom. The molecule has 1 aliphatic carbocycles. The number of ether oxygens (including phenoxy) is 6. The van der Waals surface area contributed by atoms with E-state index in [1.807, 2.05) is 0 Å². The zero-order chi connectivity index (χ0) is 57.7. The quantitative estimate of drug-likeness (QED) is 0.0517. The number of carbonyl (C=O) groups excluding carboxylic acids is 2. The maximum atomic E-state index is 15.6. The first-order valence-corrected chi connectivity index (χ1v) is 34.6. The minimum absolute atomic E-state index is 0.208. The van der Waals surface area contributed by atoms with E-state index in [0.717, 1.165) is 64.2 Å². The molecule has 460 valence electrons. The number of carbonyl (C=O) groups is 2. The van der Waals surface area contributed by atoms with E-state index in [4.69, 9.17) is 28.4 Å². The molecule has 0 fully saturated rings. The molecule has 1 aliphatic rings. The Morgan fingerprint density at radius 2 is 0.512 bits per heavy atom. The molecule has 2 aromatic rings. The molecular formula is C72H124O8. The van der Waals surface area contributed by atoms with Crippen LogP contribution >= 0.6 is 0 Å². The van der Waals surface area contributed by atoms with E-state index in [1.165, 1.54) is 205 Å². The second-order valence-corrected chi connectivity index (χ2v) is 24.3. The van der Waals surface area contributed by atoms with E-state index in [0.29, 0.717) is 74.1 Å². The standard InChI is InChI=1S/C72H124O8/c1-9-15-19-23-27-31-35-39-43-47-51-75-63-55-61-65(71(79-57-59(7)13-5)69(63)77-53-49-45-41-37-33-29-25-21-17-11-3)68(74)62-56-64(76-52-48-44-40-36-32-28-24-20-16-10-2)70(72(66(62)67(61)73)80-58-60(8)14-6)78-54-50-46-42-38-34-30-26-22-18-12-4/h55-56,59-60H,9-54,57-58H2,1-8H3. The minimum atomic E-state index is -0.294. The van der Waals surface area contributed by atoms with Gasteiger partial charge in [-0.15, -0.1) is 0 Å². The van der Waals surface area contributed by atoms with Crippen molar-refractivity contribution in [3.05, 3.63) is 34.4 Å². The normalized spacial score (nSPS) is 12.8. The van der Waals surface area contributed by atoms with Gasteiger partial charge in [-0.3, -0.25) is 9.59 Å². The molecule has 2 aromatic carbocycles. The SMILES string of the molecule is CCCCCCCCCCCCOc1cc2c(c(OCC(C)CC)c1OCCCCCCCCCCCC)C(=O)c1cc(OCCCCCCCCCCCC)c(OCCCCCCCCCCCC)c(OCC(C)CC)c1C2=O. The average Bonchev–Trinajstić information content (AvgIpc) is 3.62. The number of benzene rings is 2. The number of rotatable bonds is 56. The lowest BCUT2D eigenvalue weighted by atomic mass is 9.82. The van der Waals surface area contributed by atoms with Gasteiger partial charge in [-0.1, -0.05) is 299 Å². The van der Waals surface area contributed by atoms with Crippen molar-refractivity contribution in [2.24, 2.45) is 11.8 Å². The number of hydrogen-bond donors (Lipinski definition) is 0. The van der Waals surface area contributed by atoms with E-state index in [1.54, 1.807) is 12.1 Å². The van der Waals surface area contributed by atoms with Crippen molar-refractivity contribution in [1.29, 1.82) is 0 Å². The summed E-state index contributed by atoms with van der Waals surface area (Å²) >= 11 is 0. The molecule has 2 unspecified atom stereocenters. The lowest BCUT2D eigenvalue weighted by Crippen LogP contribution is -2.25. The van der Waals surface area contributed by atoms with Gasteiger partial charge in [0.2, 0.25) is 11.5 Å². The number of fused-ring (bicyclic) bond motifs is 2. The van der Waals surface area contributed by atoms with E-state index >= 15 is 9.59 Å². The molecule has 0 bridgehead atoms. The van der Waals surface area contributed by atoms with Gasteiger partial charge in [0.15, 0.2) is 34.6 Å². The highest BCUT2D eigenvalue weighted by Crippen LogP contribution is 2.51. The van der Waals surface area contributed by atoms with Gasteiger partial charge in [0, 0.05) is 11.1 Å². The first-order chi connectivity index (χ1) is 39.3. The Kier molecular flexibility index (Phi) is 41.6. The highest BCUT2D eigenvalue weighted by Gasteiger charge is 2.41. The summed E-state index contributed by atoms with van der Waals surface area (Å²) in [7, 11) is 0. The first kappa shape index (κ1) is 70.8. The summed E-state index contributed by atoms with van der Waals surface area (Å²) in [6.45, 7) is 20.3. The van der Waals surface area contributed by atoms with Crippen LogP contribution in [0.2, 0.25) is 0 Å². The third-order valence-corrected chi connectivity index (χ3v) is 16.8. The number of ketones is 2. The Balaban J connectivity index is 2.04. The summed E-state index contributed by atoms with van der Waals surface area (Å²) in [6, 6.07) is 3.55. The third-order valence-electron chi connectivity index (χ3n) is 16.8. The van der Waals surface area contributed by atoms with E-state index < -0.39 is 0 Å². The second kappa shape index (κ2) is 47.0. The van der Waals surface area contributed by atoms with Gasteiger partial charge in [-0.05, 0) is 49.7 Å². The van der Waals surface area contributed by atoms with Gasteiger partial charge in [-0.2, -0.15) is 0 Å². The Morgan fingerprint density at radius 3 is 0.750 bits per heavy atom. The average molecular weight is 1120 g/mol. The molecule has 80 heavy (non-hydrogen) atoms. The molecule has 2 atom stereocenters. The molecule has 0 N–H and O–H groups in total. The van der Waals surface area contributed by atoms with E-state index in [2.05, 4.69) is 55.4 Å². The van der Waals surface area contributed by atoms with Crippen LogP contribution in [0.4, 0.5) is 0 Å². The fourth-order valence-corrected chi connectivity index (χ4v) is 10.8. The van der Waals surface area contributed by atoms with Gasteiger partial charge >= 0.3 is 0 Å². The maximum absolute atomic E-state index is 15.6. The smallest absolute Gasteiger partial charge is 0.204 e. The molecule has 0 spiro atoms. The highest BCUT2D eigenvalue weighted by atomic mass is 16.5. The van der Waals surface area contributed by atoms with Crippen LogP contribution in [-0.4, -0.2) is 51.2 Å². The van der Waals surface area contributed by atoms with Crippen LogP contribution in [0.5, 0.6) is 34.5 Å². The van der Waals surface area contributed by atoms with Gasteiger partial charge in [0.25, 0.3) is 0 Å². The summed E-state index contributed by atoms with van der Waals surface area (Å²) < 4.78 is 40.6. The minimum Gasteiger partial charge on any atom is -0.490 e. The van der Waals surface area contributed by atoms with Crippen LogP contribution in [0.25, 0.3) is 0 Å². The lowest BCUT2D eigenvalue weighted by Gasteiger charge is -2.28. The largest absolute Gasteiger partial charge is 0.490 e. The van der Waals surface area contributed by atoms with E-state index in [9.17, 15) is 0 Å². The molecule has 3 rings (SSSR count). The topological polar surface area (TPSA) is 89.5 Å². The van der Waals surface area contributed by atoms with Crippen molar-refractivity contribution in [3.63, 3.8) is 0 Å². The molecule has 8 nitrogen and oxygen atoms in total. The molecule has 0 saturated carbocycles. The molecule has 0 amide bonds. The van der Waals surface area contributed by atoms with Gasteiger partial charge in [0.05, 0.1) is 50.8 Å². The second-order valence-electron chi connectivity index (χ2n) is 24.3. The molecule has 0 radical (unpaired) electrons. The van der Waals surface area contributed by atoms with Crippen molar-refractivity contribution in [3.8, 4) is 34.5 Å². The number of unbranched alkanes of at least 4 members (excludes halogenated alkanes) is 36. The zero-order valence-electron chi connectivity index (χ0n) is 53.5. The summed E-state index contributed by atoms with van der Waals surface area (Å²) in [5.74, 6) is 2.25. The predicted octanol–water partition coefficient (Wildman–Crippen LogP) is 22.5. The lowest BCUT2D eigenvalue weighted by molar-refractivity contribution is 0.0966. The summed E-state index contributed by atoms with van der Waals surface area (Å²) in [6.07, 6.45) is 50.7. The van der Waals surface area contributed by atoms with Crippen molar-refractivity contribution in [2.45, 2.75) is 325 Å². The van der Waals surface area contributed by atoms with Crippen LogP contribution in [0.1, 0.15) is 357 Å². The maximum Gasteiger partial charge on any atom is 0.204 e. The Bertz CT molecular complexity index is 1740. The van der Waals surface area contributed by atoms with Gasteiger partial charge in [-0.25, -0.2) is 0 Å². The van der Waals surface area contributed by atoms with Gasteiger partial charge < -0.3 is 28.4 Å².